The normalized spacial score (nSPS) is 12.0. The molecule has 0 saturated heterocycles. The number of nitrogens with zero attached hydrogens (tertiary/aromatic N) is 1. The van der Waals surface area contributed by atoms with Crippen molar-refractivity contribution in [1.29, 1.82) is 0 Å². The van der Waals surface area contributed by atoms with Gasteiger partial charge in [0.05, 0.1) is 26.9 Å². The lowest BCUT2D eigenvalue weighted by atomic mass is 10.0. The number of rotatable bonds is 10. The molecule has 0 saturated carbocycles. The fourth-order valence-electron chi connectivity index (χ4n) is 2.36. The van der Waals surface area contributed by atoms with Crippen LogP contribution in [0.3, 0.4) is 0 Å². The van der Waals surface area contributed by atoms with Crippen LogP contribution in [0, 0.1) is 5.92 Å². The van der Waals surface area contributed by atoms with E-state index in [1.165, 1.54) is 0 Å². The molecule has 0 bridgehead atoms. The minimum atomic E-state index is -0.432. The minimum Gasteiger partial charge on any atom is -0.496 e. The van der Waals surface area contributed by atoms with E-state index in [1.807, 2.05) is 0 Å². The van der Waals surface area contributed by atoms with Crippen molar-refractivity contribution in [3.63, 3.8) is 0 Å². The second-order valence-electron chi connectivity index (χ2n) is 6.25. The molecule has 1 aromatic rings. The molecule has 2 N–H and O–H groups in total. The Balaban J connectivity index is 2.41. The highest BCUT2D eigenvalue weighted by atomic mass is 16.5. The van der Waals surface area contributed by atoms with Gasteiger partial charge in [-0.1, -0.05) is 13.8 Å². The van der Waals surface area contributed by atoms with Gasteiger partial charge in [-0.05, 0) is 18.8 Å². The summed E-state index contributed by atoms with van der Waals surface area (Å²) in [7, 11) is 4.97. The van der Waals surface area contributed by atoms with Gasteiger partial charge in [0.25, 0.3) is 0 Å². The summed E-state index contributed by atoms with van der Waals surface area (Å²) in [4.78, 5) is 13.8. The van der Waals surface area contributed by atoms with Crippen LogP contribution in [0.5, 0.6) is 17.2 Å². The minimum absolute atomic E-state index is 0.0215. The molecule has 0 aliphatic carbocycles. The third-order valence-electron chi connectivity index (χ3n) is 3.65. The van der Waals surface area contributed by atoms with E-state index in [2.05, 4.69) is 13.8 Å². The molecule has 1 rings (SSSR count). The average Bonchev–Trinajstić information content (AvgIpc) is 2.56. The van der Waals surface area contributed by atoms with Crippen LogP contribution in [0.2, 0.25) is 0 Å². The molecule has 0 aliphatic heterocycles. The van der Waals surface area contributed by atoms with E-state index in [1.54, 1.807) is 44.4 Å². The number of amides is 1. The lowest BCUT2D eigenvalue weighted by molar-refractivity contribution is -0.131. The first-order valence-corrected chi connectivity index (χ1v) is 8.23. The van der Waals surface area contributed by atoms with Crippen LogP contribution < -0.4 is 19.9 Å². The predicted molar refractivity (Wildman–Crippen MR) is 94.7 cm³/mol. The van der Waals surface area contributed by atoms with Crippen molar-refractivity contribution in [3.05, 3.63) is 18.2 Å². The summed E-state index contributed by atoms with van der Waals surface area (Å²) in [6, 6.07) is 4.96. The summed E-state index contributed by atoms with van der Waals surface area (Å²) in [5.74, 6) is 2.42. The summed E-state index contributed by atoms with van der Waals surface area (Å²) in [5.41, 5.74) is 5.93. The van der Waals surface area contributed by atoms with E-state index < -0.39 is 6.04 Å². The largest absolute Gasteiger partial charge is 0.496 e. The van der Waals surface area contributed by atoms with Crippen molar-refractivity contribution in [2.45, 2.75) is 32.7 Å². The van der Waals surface area contributed by atoms with Crippen LogP contribution in [-0.2, 0) is 4.79 Å². The van der Waals surface area contributed by atoms with Gasteiger partial charge in [0, 0.05) is 31.8 Å². The monoisotopic (exact) mass is 338 g/mol. The van der Waals surface area contributed by atoms with E-state index in [9.17, 15) is 4.79 Å². The standard InChI is InChI=1S/C18H30N2O4/c1-13(2)9-17(19)18(21)20(3)7-6-8-24-16-11-14(22-4)10-15(12-16)23-5/h10-13,17H,6-9,19H2,1-5H3/t17-/m0/s1. The predicted octanol–water partition coefficient (Wildman–Crippen LogP) is 2.30. The Hall–Kier alpha value is -1.95. The Morgan fingerprint density at radius 2 is 1.67 bits per heavy atom. The highest BCUT2D eigenvalue weighted by molar-refractivity contribution is 5.81. The molecule has 1 aromatic carbocycles. The highest BCUT2D eigenvalue weighted by Crippen LogP contribution is 2.27. The van der Waals surface area contributed by atoms with Crippen LogP contribution in [0.25, 0.3) is 0 Å². The molecular formula is C18H30N2O4. The van der Waals surface area contributed by atoms with Crippen LogP contribution in [-0.4, -0.2) is 51.3 Å². The molecule has 0 heterocycles. The molecule has 136 valence electrons. The fraction of sp³-hybridized carbons (Fsp3) is 0.611. The number of carbonyl (C=O) groups is 1. The Kier molecular flexibility index (Phi) is 8.40. The number of likely N-dealkylation sites (N-methyl/N-ethyl adjacent to an activating group) is 1. The lowest BCUT2D eigenvalue weighted by Gasteiger charge is -2.22. The molecule has 0 radical (unpaired) electrons. The first-order chi connectivity index (χ1) is 11.4. The highest BCUT2D eigenvalue weighted by Gasteiger charge is 2.18. The second-order valence-corrected chi connectivity index (χ2v) is 6.25. The molecule has 0 aliphatic rings. The molecule has 0 spiro atoms. The van der Waals surface area contributed by atoms with Crippen molar-refractivity contribution < 1.29 is 19.0 Å². The van der Waals surface area contributed by atoms with E-state index in [4.69, 9.17) is 19.9 Å². The van der Waals surface area contributed by atoms with Crippen molar-refractivity contribution in [3.8, 4) is 17.2 Å². The average molecular weight is 338 g/mol. The third kappa shape index (κ3) is 6.66. The zero-order chi connectivity index (χ0) is 18.1. The van der Waals surface area contributed by atoms with Gasteiger partial charge >= 0.3 is 0 Å². The Morgan fingerprint density at radius 3 is 2.17 bits per heavy atom. The van der Waals surface area contributed by atoms with Gasteiger partial charge in [0.1, 0.15) is 17.2 Å². The fourth-order valence-corrected chi connectivity index (χ4v) is 2.36. The second kappa shape index (κ2) is 10.0. The van der Waals surface area contributed by atoms with Crippen molar-refractivity contribution >= 4 is 5.91 Å². The molecule has 0 unspecified atom stereocenters. The SMILES string of the molecule is COc1cc(OC)cc(OCCCN(C)C(=O)[C@@H](N)CC(C)C)c1. The van der Waals surface area contributed by atoms with Crippen LogP contribution in [0.15, 0.2) is 18.2 Å². The maximum absolute atomic E-state index is 12.1. The molecule has 6 nitrogen and oxygen atoms in total. The van der Waals surface area contributed by atoms with Crippen molar-refractivity contribution in [2.75, 3.05) is 34.4 Å². The Morgan fingerprint density at radius 1 is 1.12 bits per heavy atom. The molecule has 0 aromatic heterocycles. The molecule has 24 heavy (non-hydrogen) atoms. The molecule has 0 fully saturated rings. The van der Waals surface area contributed by atoms with Crippen molar-refractivity contribution in [1.82, 2.24) is 4.90 Å². The van der Waals surface area contributed by atoms with E-state index in [0.29, 0.717) is 42.7 Å². The van der Waals surface area contributed by atoms with E-state index in [-0.39, 0.29) is 5.91 Å². The van der Waals surface area contributed by atoms with Crippen molar-refractivity contribution in [2.24, 2.45) is 11.7 Å². The number of benzene rings is 1. The molecule has 1 atom stereocenters. The summed E-state index contributed by atoms with van der Waals surface area (Å²) in [5, 5.41) is 0. The first-order valence-electron chi connectivity index (χ1n) is 8.23. The zero-order valence-electron chi connectivity index (χ0n) is 15.4. The van der Waals surface area contributed by atoms with Crippen LogP contribution in [0.1, 0.15) is 26.7 Å². The molecular weight excluding hydrogens is 308 g/mol. The molecule has 6 heteroatoms. The number of hydrogen-bond donors (Lipinski definition) is 1. The Labute approximate surface area is 144 Å². The Bertz CT molecular complexity index is 497. The van der Waals surface area contributed by atoms with Gasteiger partial charge in [-0.3, -0.25) is 4.79 Å². The maximum atomic E-state index is 12.1. The van der Waals surface area contributed by atoms with Crippen LogP contribution >= 0.6 is 0 Å². The smallest absolute Gasteiger partial charge is 0.239 e. The summed E-state index contributed by atoms with van der Waals surface area (Å²) < 4.78 is 16.1. The number of ether oxygens (including phenoxy) is 3. The topological polar surface area (TPSA) is 74.0 Å². The van der Waals surface area contributed by atoms with E-state index in [0.717, 1.165) is 6.42 Å². The lowest BCUT2D eigenvalue weighted by Crippen LogP contribution is -2.43. The van der Waals surface area contributed by atoms with E-state index >= 15 is 0 Å². The van der Waals surface area contributed by atoms with Gasteiger partial charge in [-0.15, -0.1) is 0 Å². The quantitative estimate of drug-likeness (QED) is 0.663. The van der Waals surface area contributed by atoms with Gasteiger partial charge in [-0.25, -0.2) is 0 Å². The first kappa shape index (κ1) is 20.1. The van der Waals surface area contributed by atoms with Gasteiger partial charge in [-0.2, -0.15) is 0 Å². The summed E-state index contributed by atoms with van der Waals surface area (Å²) in [6.45, 7) is 5.21. The van der Waals surface area contributed by atoms with Gasteiger partial charge in [0.15, 0.2) is 0 Å². The summed E-state index contributed by atoms with van der Waals surface area (Å²) >= 11 is 0. The molecule has 1 amide bonds. The van der Waals surface area contributed by atoms with Crippen LogP contribution in [0.4, 0.5) is 0 Å². The number of nitrogens with two attached hydrogens (primary N) is 1. The van der Waals surface area contributed by atoms with Gasteiger partial charge in [0.2, 0.25) is 5.91 Å². The number of hydrogen-bond acceptors (Lipinski definition) is 5. The number of carbonyl (C=O) groups excluding carboxylic acids is 1. The summed E-state index contributed by atoms with van der Waals surface area (Å²) in [6.07, 6.45) is 1.42. The maximum Gasteiger partial charge on any atom is 0.239 e. The number of methoxy groups -OCH3 is 2. The van der Waals surface area contributed by atoms with Gasteiger partial charge < -0.3 is 24.8 Å². The zero-order valence-corrected chi connectivity index (χ0v) is 15.4. The third-order valence-corrected chi connectivity index (χ3v) is 3.65.